The van der Waals surface area contributed by atoms with E-state index in [9.17, 15) is 29.4 Å². The van der Waals surface area contributed by atoms with E-state index in [1.165, 1.54) is 18.7 Å². The minimum atomic E-state index is -1.44. The Balaban J connectivity index is 2.25. The van der Waals surface area contributed by atoms with E-state index < -0.39 is 54.0 Å². The lowest BCUT2D eigenvalue weighted by Gasteiger charge is -2.26. The molecule has 3 amide bonds. The standard InChI is InChI=1S/C25H37N5O6S2/c1-14(31)21(24(34)28-19(25(35)36)9-11-38-3)30-23(33)20(29-22(32)17(26)8-10-37-2)12-15-13-27-18-7-5-4-6-16(15)18/h4-7,13-14,17,19-21,27,31H,8-12,26H2,1-3H3,(H,28,34)(H,29,32)(H,30,33)(H,35,36). The summed E-state index contributed by atoms with van der Waals surface area (Å²) in [5.41, 5.74) is 7.63. The van der Waals surface area contributed by atoms with Crippen molar-refractivity contribution in [2.24, 2.45) is 5.73 Å². The van der Waals surface area contributed by atoms with Gasteiger partial charge in [-0.15, -0.1) is 0 Å². The summed E-state index contributed by atoms with van der Waals surface area (Å²) in [5, 5.41) is 28.2. The lowest BCUT2D eigenvalue weighted by atomic mass is 10.0. The Morgan fingerprint density at radius 2 is 1.58 bits per heavy atom. The summed E-state index contributed by atoms with van der Waals surface area (Å²) in [6.45, 7) is 1.31. The first-order valence-electron chi connectivity index (χ1n) is 12.2. The number of aliphatic hydroxyl groups is 1. The Morgan fingerprint density at radius 1 is 0.947 bits per heavy atom. The molecule has 5 atom stereocenters. The fourth-order valence-electron chi connectivity index (χ4n) is 3.80. The maximum absolute atomic E-state index is 13.4. The minimum absolute atomic E-state index is 0.0937. The Labute approximate surface area is 230 Å². The number of hydrogen-bond acceptors (Lipinski definition) is 8. The molecule has 0 spiro atoms. The maximum Gasteiger partial charge on any atom is 0.326 e. The van der Waals surface area contributed by atoms with Crippen LogP contribution in [0.5, 0.6) is 0 Å². The molecule has 13 heteroatoms. The molecule has 8 N–H and O–H groups in total. The molecule has 0 saturated heterocycles. The number of carboxylic acid groups (broad SMARTS) is 1. The third-order valence-corrected chi connectivity index (χ3v) is 7.28. The molecule has 2 aromatic rings. The predicted octanol–water partition coefficient (Wildman–Crippen LogP) is 0.464. The molecule has 5 unspecified atom stereocenters. The second-order valence-electron chi connectivity index (χ2n) is 8.92. The van der Waals surface area contributed by atoms with Crippen LogP contribution in [0.4, 0.5) is 0 Å². The number of thioether (sulfide) groups is 2. The molecule has 1 heterocycles. The monoisotopic (exact) mass is 567 g/mol. The van der Waals surface area contributed by atoms with Crippen LogP contribution in [-0.2, 0) is 25.6 Å². The van der Waals surface area contributed by atoms with Crippen molar-refractivity contribution in [1.29, 1.82) is 0 Å². The minimum Gasteiger partial charge on any atom is -0.480 e. The molecule has 0 radical (unpaired) electrons. The molecular formula is C25H37N5O6S2. The number of aliphatic carboxylic acids is 1. The predicted molar refractivity (Wildman–Crippen MR) is 151 cm³/mol. The number of hydrogen-bond donors (Lipinski definition) is 7. The van der Waals surface area contributed by atoms with Gasteiger partial charge in [-0.2, -0.15) is 23.5 Å². The van der Waals surface area contributed by atoms with Gasteiger partial charge >= 0.3 is 5.97 Å². The van der Waals surface area contributed by atoms with Crippen molar-refractivity contribution in [3.8, 4) is 0 Å². The summed E-state index contributed by atoms with van der Waals surface area (Å²) >= 11 is 2.98. The first-order chi connectivity index (χ1) is 18.1. The molecular weight excluding hydrogens is 530 g/mol. The van der Waals surface area contributed by atoms with Crippen LogP contribution in [-0.4, -0.2) is 93.2 Å². The number of rotatable bonds is 16. The molecule has 38 heavy (non-hydrogen) atoms. The zero-order chi connectivity index (χ0) is 28.2. The van der Waals surface area contributed by atoms with Crippen LogP contribution in [0.2, 0.25) is 0 Å². The number of carbonyl (C=O) groups excluding carboxylic acids is 3. The number of fused-ring (bicyclic) bond motifs is 1. The number of aromatic amines is 1. The Bertz CT molecular complexity index is 1100. The van der Waals surface area contributed by atoms with Gasteiger partial charge in [-0.25, -0.2) is 4.79 Å². The summed E-state index contributed by atoms with van der Waals surface area (Å²) in [6.07, 6.45) is 4.81. The number of aromatic nitrogens is 1. The lowest BCUT2D eigenvalue weighted by Crippen LogP contribution is -2.60. The van der Waals surface area contributed by atoms with Crippen molar-refractivity contribution in [2.45, 2.75) is 56.5 Å². The van der Waals surface area contributed by atoms with Gasteiger partial charge in [0.05, 0.1) is 12.1 Å². The van der Waals surface area contributed by atoms with E-state index in [1.54, 1.807) is 18.0 Å². The van der Waals surface area contributed by atoms with Crippen LogP contribution in [0.15, 0.2) is 30.5 Å². The average Bonchev–Trinajstić information content (AvgIpc) is 3.29. The van der Waals surface area contributed by atoms with E-state index in [4.69, 9.17) is 5.73 Å². The molecule has 0 aliphatic heterocycles. The second kappa shape index (κ2) is 15.6. The summed E-state index contributed by atoms with van der Waals surface area (Å²) in [7, 11) is 0. The largest absolute Gasteiger partial charge is 0.480 e. The van der Waals surface area contributed by atoms with Gasteiger partial charge in [-0.05, 0) is 55.4 Å². The molecule has 2 rings (SSSR count). The molecule has 0 bridgehead atoms. The molecule has 0 aliphatic rings. The van der Waals surface area contributed by atoms with Gasteiger partial charge in [0.15, 0.2) is 0 Å². The molecule has 0 aliphatic carbocycles. The zero-order valence-electron chi connectivity index (χ0n) is 21.7. The van der Waals surface area contributed by atoms with Gasteiger partial charge in [-0.3, -0.25) is 14.4 Å². The molecule has 210 valence electrons. The van der Waals surface area contributed by atoms with E-state index in [-0.39, 0.29) is 12.8 Å². The van der Waals surface area contributed by atoms with Crippen LogP contribution in [0.25, 0.3) is 10.9 Å². The fourth-order valence-corrected chi connectivity index (χ4v) is 4.76. The first kappa shape index (κ1) is 31.5. The SMILES string of the molecule is CSCCC(N)C(=O)NC(Cc1c[nH]c2ccccc12)C(=O)NC(C(=O)NC(CCSC)C(=O)O)C(C)O. The van der Waals surface area contributed by atoms with Crippen molar-refractivity contribution >= 4 is 58.1 Å². The van der Waals surface area contributed by atoms with Gasteiger partial charge in [-0.1, -0.05) is 18.2 Å². The molecule has 0 saturated carbocycles. The summed E-state index contributed by atoms with van der Waals surface area (Å²) < 4.78 is 0. The smallest absolute Gasteiger partial charge is 0.326 e. The number of carbonyl (C=O) groups is 4. The van der Waals surface area contributed by atoms with Gasteiger partial charge < -0.3 is 36.9 Å². The lowest BCUT2D eigenvalue weighted by molar-refractivity contribution is -0.143. The molecule has 1 aromatic carbocycles. The van der Waals surface area contributed by atoms with E-state index in [0.29, 0.717) is 17.9 Å². The normalized spacial score (nSPS) is 15.2. The second-order valence-corrected chi connectivity index (χ2v) is 10.9. The third kappa shape index (κ3) is 9.22. The fraction of sp³-hybridized carbons (Fsp3) is 0.520. The number of carboxylic acids is 1. The van der Waals surface area contributed by atoms with Crippen molar-refractivity contribution in [2.75, 3.05) is 24.0 Å². The van der Waals surface area contributed by atoms with Gasteiger partial charge in [0.1, 0.15) is 18.1 Å². The van der Waals surface area contributed by atoms with E-state index in [1.807, 2.05) is 36.8 Å². The highest BCUT2D eigenvalue weighted by molar-refractivity contribution is 7.98. The van der Waals surface area contributed by atoms with Crippen LogP contribution in [0.1, 0.15) is 25.3 Å². The maximum atomic E-state index is 13.4. The van der Waals surface area contributed by atoms with Gasteiger partial charge in [0.2, 0.25) is 17.7 Å². The highest BCUT2D eigenvalue weighted by Gasteiger charge is 2.33. The quantitative estimate of drug-likeness (QED) is 0.151. The van der Waals surface area contributed by atoms with Crippen LogP contribution in [0, 0.1) is 0 Å². The van der Waals surface area contributed by atoms with E-state index in [2.05, 4.69) is 20.9 Å². The number of para-hydroxylation sites is 1. The topological polar surface area (TPSA) is 187 Å². The average molecular weight is 568 g/mol. The third-order valence-electron chi connectivity index (χ3n) is 5.99. The summed E-state index contributed by atoms with van der Waals surface area (Å²) in [5.74, 6) is -2.11. The highest BCUT2D eigenvalue weighted by Crippen LogP contribution is 2.19. The Morgan fingerprint density at radius 3 is 2.21 bits per heavy atom. The Kier molecular flexibility index (Phi) is 12.9. The molecule has 11 nitrogen and oxygen atoms in total. The van der Waals surface area contributed by atoms with Crippen LogP contribution in [0.3, 0.4) is 0 Å². The van der Waals surface area contributed by atoms with E-state index >= 15 is 0 Å². The van der Waals surface area contributed by atoms with Crippen molar-refractivity contribution in [3.05, 3.63) is 36.0 Å². The van der Waals surface area contributed by atoms with E-state index in [0.717, 1.165) is 16.5 Å². The zero-order valence-corrected chi connectivity index (χ0v) is 23.4. The number of H-pyrrole nitrogens is 1. The highest BCUT2D eigenvalue weighted by atomic mass is 32.2. The van der Waals surface area contributed by atoms with Crippen LogP contribution < -0.4 is 21.7 Å². The van der Waals surface area contributed by atoms with Crippen molar-refractivity contribution in [3.63, 3.8) is 0 Å². The summed E-state index contributed by atoms with van der Waals surface area (Å²) in [6, 6.07) is 2.94. The molecule has 1 aromatic heterocycles. The number of aliphatic hydroxyl groups excluding tert-OH is 1. The number of amides is 3. The summed E-state index contributed by atoms with van der Waals surface area (Å²) in [4.78, 5) is 53.8. The number of nitrogens with one attached hydrogen (secondary N) is 4. The Hall–Kier alpha value is -2.74. The first-order valence-corrected chi connectivity index (χ1v) is 15.0. The van der Waals surface area contributed by atoms with Crippen LogP contribution >= 0.6 is 23.5 Å². The number of benzene rings is 1. The van der Waals surface area contributed by atoms with Crippen molar-refractivity contribution in [1.82, 2.24) is 20.9 Å². The van der Waals surface area contributed by atoms with Crippen molar-refractivity contribution < 1.29 is 29.4 Å². The molecule has 0 fully saturated rings. The van der Waals surface area contributed by atoms with Gasteiger partial charge in [0.25, 0.3) is 0 Å². The number of nitrogens with two attached hydrogens (primary N) is 1. The van der Waals surface area contributed by atoms with Gasteiger partial charge in [0, 0.05) is 23.5 Å².